The second-order valence-electron chi connectivity index (χ2n) is 12.9. The van der Waals surface area contributed by atoms with Gasteiger partial charge in [-0.3, -0.25) is 18.8 Å². The van der Waals surface area contributed by atoms with Crippen LogP contribution in [0, 0.1) is 5.92 Å². The zero-order valence-electron chi connectivity index (χ0n) is 25.6. The van der Waals surface area contributed by atoms with Gasteiger partial charge in [-0.2, -0.15) is 5.21 Å². The number of quaternary nitrogens is 1. The number of pyridine rings is 1. The van der Waals surface area contributed by atoms with Gasteiger partial charge in [0.2, 0.25) is 5.91 Å². The number of fused-ring (bicyclic) bond motifs is 1. The number of hydrogen-bond donors (Lipinski definition) is 3. The highest BCUT2D eigenvalue weighted by molar-refractivity contribution is 7.13. The van der Waals surface area contributed by atoms with Crippen LogP contribution in [-0.2, 0) is 10.2 Å². The minimum atomic E-state index is -0.634. The Hall–Kier alpha value is -4.50. The maximum Gasteiger partial charge on any atom is 0.272 e. The molecule has 4 aromatic rings. The average molecular weight is 621 g/mol. The van der Waals surface area contributed by atoms with Crippen LogP contribution < -0.4 is 21.9 Å². The second-order valence-corrected chi connectivity index (χ2v) is 13.8. The molecular formula is C29H38N11O3S+. The third-order valence-corrected chi connectivity index (χ3v) is 8.50. The Morgan fingerprint density at radius 1 is 1.18 bits per heavy atom. The lowest BCUT2D eigenvalue weighted by molar-refractivity contribution is -0.885. The number of tetrazole rings is 1. The number of carbonyl (C=O) groups excluding carboxylic acids is 2. The number of aromatic amines is 1. The molecule has 15 heteroatoms. The minimum Gasteiger partial charge on any atom is -0.366 e. The number of nitrogens with one attached hydrogen (secondary N) is 1. The van der Waals surface area contributed by atoms with Crippen LogP contribution in [-0.4, -0.2) is 91.6 Å². The molecule has 0 aliphatic carbocycles. The molecule has 1 atom stereocenters. The number of primary amides is 2. The van der Waals surface area contributed by atoms with Crippen LogP contribution >= 0.6 is 11.3 Å². The van der Waals surface area contributed by atoms with Crippen LogP contribution in [0.3, 0.4) is 0 Å². The minimum absolute atomic E-state index is 0.212. The fourth-order valence-electron chi connectivity index (χ4n) is 5.67. The van der Waals surface area contributed by atoms with Gasteiger partial charge in [-0.15, -0.1) is 21.5 Å². The largest absolute Gasteiger partial charge is 0.366 e. The molecule has 1 aliphatic rings. The molecule has 5 N–H and O–H groups in total. The van der Waals surface area contributed by atoms with Crippen molar-refractivity contribution in [2.75, 3.05) is 45.2 Å². The number of piperidine rings is 1. The summed E-state index contributed by atoms with van der Waals surface area (Å²) in [4.78, 5) is 50.4. The standard InChI is InChI=1S/C29H37N11O3S/c1-29(2,3)21-16-44-27(32-21)20-11-18(25(31)42)12-24-33-26(19(28(43)39(20)24)8-9-23-34-36-37-35-23)38-10-6-7-17(13-38)14-40(4,5)15-22(30)41/h8-9,11-12,16-17H,6-7,10,13-15H2,1-5H3,(H4-,30,31,32,34,35,36,37,41,42)/p+1. The van der Waals surface area contributed by atoms with E-state index in [0.29, 0.717) is 45.5 Å². The topological polar surface area (TPSA) is 191 Å². The highest BCUT2D eigenvalue weighted by Crippen LogP contribution is 2.32. The van der Waals surface area contributed by atoms with Gasteiger partial charge in [0.15, 0.2) is 12.4 Å². The van der Waals surface area contributed by atoms with Gasteiger partial charge in [-0.05, 0) is 42.3 Å². The molecule has 0 bridgehead atoms. The van der Waals surface area contributed by atoms with E-state index in [1.165, 1.54) is 21.8 Å². The number of nitrogens with zero attached hydrogens (tertiary/aromatic N) is 8. The summed E-state index contributed by atoms with van der Waals surface area (Å²) in [5, 5.41) is 16.5. The highest BCUT2D eigenvalue weighted by Gasteiger charge is 2.31. The van der Waals surface area contributed by atoms with Gasteiger partial charge in [0, 0.05) is 35.4 Å². The molecule has 5 rings (SSSR count). The molecule has 14 nitrogen and oxygen atoms in total. The normalized spacial score (nSPS) is 16.2. The van der Waals surface area contributed by atoms with Crippen molar-refractivity contribution in [2.45, 2.75) is 39.0 Å². The molecule has 1 aliphatic heterocycles. The van der Waals surface area contributed by atoms with E-state index >= 15 is 0 Å². The summed E-state index contributed by atoms with van der Waals surface area (Å²) >= 11 is 1.39. The molecule has 1 unspecified atom stereocenters. The van der Waals surface area contributed by atoms with Gasteiger partial charge in [0.1, 0.15) is 16.5 Å². The third kappa shape index (κ3) is 6.68. The molecule has 0 saturated carbocycles. The van der Waals surface area contributed by atoms with Crippen molar-refractivity contribution in [2.24, 2.45) is 17.4 Å². The Balaban J connectivity index is 1.67. The van der Waals surface area contributed by atoms with Crippen molar-refractivity contribution in [1.29, 1.82) is 0 Å². The van der Waals surface area contributed by atoms with E-state index in [1.54, 1.807) is 18.2 Å². The van der Waals surface area contributed by atoms with Crippen LogP contribution in [0.1, 0.15) is 61.1 Å². The van der Waals surface area contributed by atoms with E-state index in [-0.39, 0.29) is 40.6 Å². The summed E-state index contributed by atoms with van der Waals surface area (Å²) < 4.78 is 1.94. The summed E-state index contributed by atoms with van der Waals surface area (Å²) in [5.41, 5.74) is 12.8. The number of nitrogens with two attached hydrogens (primary N) is 2. The van der Waals surface area contributed by atoms with Crippen LogP contribution in [0.2, 0.25) is 0 Å². The van der Waals surface area contributed by atoms with Crippen molar-refractivity contribution in [3.8, 4) is 10.7 Å². The molecule has 0 radical (unpaired) electrons. The predicted molar refractivity (Wildman–Crippen MR) is 169 cm³/mol. The predicted octanol–water partition coefficient (Wildman–Crippen LogP) is 1.68. The van der Waals surface area contributed by atoms with Gasteiger partial charge in [-0.25, -0.2) is 9.97 Å². The van der Waals surface area contributed by atoms with E-state index in [4.69, 9.17) is 21.4 Å². The van der Waals surface area contributed by atoms with E-state index in [9.17, 15) is 14.4 Å². The van der Waals surface area contributed by atoms with E-state index < -0.39 is 5.91 Å². The Bertz CT molecular complexity index is 1780. The lowest BCUT2D eigenvalue weighted by Gasteiger charge is -2.38. The number of carbonyl (C=O) groups is 2. The molecule has 1 fully saturated rings. The number of hydrogen-bond acceptors (Lipinski definition) is 10. The summed E-state index contributed by atoms with van der Waals surface area (Å²) in [6.45, 7) is 8.44. The molecule has 5 heterocycles. The average Bonchev–Trinajstić information content (AvgIpc) is 3.63. The van der Waals surface area contributed by atoms with Crippen LogP contribution in [0.15, 0.2) is 22.3 Å². The summed E-state index contributed by atoms with van der Waals surface area (Å²) in [7, 11) is 3.97. The molecule has 1 saturated heterocycles. The molecule has 0 spiro atoms. The van der Waals surface area contributed by atoms with Crippen molar-refractivity contribution in [3.05, 3.63) is 50.5 Å². The zero-order chi connectivity index (χ0) is 31.8. The number of amides is 2. The number of aromatic nitrogens is 7. The molecule has 0 aromatic carbocycles. The fourth-order valence-corrected chi connectivity index (χ4v) is 6.72. The van der Waals surface area contributed by atoms with Crippen LogP contribution in [0.5, 0.6) is 0 Å². The van der Waals surface area contributed by atoms with Gasteiger partial charge in [-0.1, -0.05) is 20.8 Å². The second kappa shape index (κ2) is 11.9. The molecule has 4 aromatic heterocycles. The smallest absolute Gasteiger partial charge is 0.272 e. The fraction of sp³-hybridized carbons (Fsp3) is 0.448. The van der Waals surface area contributed by atoms with Gasteiger partial charge in [0.05, 0.1) is 37.6 Å². The first-order valence-electron chi connectivity index (χ1n) is 14.4. The lowest BCUT2D eigenvalue weighted by atomic mass is 9.93. The van der Waals surface area contributed by atoms with Gasteiger partial charge < -0.3 is 20.9 Å². The Kier molecular flexibility index (Phi) is 8.36. The molecule has 2 amide bonds. The number of rotatable bonds is 9. The summed E-state index contributed by atoms with van der Waals surface area (Å²) in [5.74, 6) is 0.0247. The zero-order valence-corrected chi connectivity index (χ0v) is 26.4. The third-order valence-electron chi connectivity index (χ3n) is 7.63. The van der Waals surface area contributed by atoms with Crippen LogP contribution in [0.25, 0.3) is 28.5 Å². The van der Waals surface area contributed by atoms with Gasteiger partial charge in [0.25, 0.3) is 11.5 Å². The van der Waals surface area contributed by atoms with E-state index in [2.05, 4.69) is 46.3 Å². The van der Waals surface area contributed by atoms with Crippen molar-refractivity contribution in [1.82, 2.24) is 35.0 Å². The van der Waals surface area contributed by atoms with Crippen LogP contribution in [0.4, 0.5) is 5.82 Å². The molecule has 232 valence electrons. The van der Waals surface area contributed by atoms with Crippen molar-refractivity contribution >= 4 is 46.8 Å². The number of likely N-dealkylation sites (N-methyl/N-ethyl adjacent to an activating group) is 1. The molecule has 44 heavy (non-hydrogen) atoms. The monoisotopic (exact) mass is 620 g/mol. The Labute approximate surface area is 258 Å². The summed E-state index contributed by atoms with van der Waals surface area (Å²) in [6, 6.07) is 3.13. The maximum atomic E-state index is 14.4. The van der Waals surface area contributed by atoms with E-state index in [1.807, 2.05) is 19.5 Å². The molecular weight excluding hydrogens is 582 g/mol. The first-order chi connectivity index (χ1) is 20.7. The first-order valence-corrected chi connectivity index (χ1v) is 15.2. The number of H-pyrrole nitrogens is 1. The van der Waals surface area contributed by atoms with Crippen molar-refractivity contribution < 1.29 is 14.1 Å². The lowest BCUT2D eigenvalue weighted by Crippen LogP contribution is -2.51. The van der Waals surface area contributed by atoms with Gasteiger partial charge >= 0.3 is 0 Å². The Morgan fingerprint density at radius 3 is 2.59 bits per heavy atom. The summed E-state index contributed by atoms with van der Waals surface area (Å²) in [6.07, 6.45) is 5.09. The quantitative estimate of drug-likeness (QED) is 0.234. The van der Waals surface area contributed by atoms with E-state index in [0.717, 1.165) is 25.1 Å². The highest BCUT2D eigenvalue weighted by atomic mass is 32.1. The van der Waals surface area contributed by atoms with Crippen molar-refractivity contribution in [3.63, 3.8) is 0 Å². The maximum absolute atomic E-state index is 14.4. The number of anilines is 1. The Morgan fingerprint density at radius 2 is 1.95 bits per heavy atom. The first kappa shape index (κ1) is 30.9. The number of thiazole rings is 1. The SMILES string of the molecule is CC(C)(C)c1csc(-c2cc(C(N)=O)cc3nc(N4CCCC(C[N+](C)(C)CC(N)=O)C4)c(C=Cc4nn[nH]n4)c(=O)n23)n1.